The summed E-state index contributed by atoms with van der Waals surface area (Å²) in [5.41, 5.74) is 0.833. The van der Waals surface area contributed by atoms with E-state index in [1.807, 2.05) is 30.3 Å². The van der Waals surface area contributed by atoms with Crippen molar-refractivity contribution in [3.8, 4) is 0 Å². The molecule has 3 rings (SSSR count). The number of carbonyl (C=O) groups is 4. The third-order valence-electron chi connectivity index (χ3n) is 8.11. The molecule has 14 nitrogen and oxygen atoms in total. The molecule has 1 aromatic carbocycles. The summed E-state index contributed by atoms with van der Waals surface area (Å²) in [6, 6.07) is 8.05. The lowest BCUT2D eigenvalue weighted by atomic mass is 9.94. The van der Waals surface area contributed by atoms with Crippen LogP contribution in [0.1, 0.15) is 45.1 Å². The van der Waals surface area contributed by atoms with Crippen LogP contribution in [-0.2, 0) is 39.8 Å². The van der Waals surface area contributed by atoms with E-state index in [0.29, 0.717) is 13.0 Å². The fraction of sp³-hybridized carbons (Fsp3) is 0.667. The van der Waals surface area contributed by atoms with E-state index in [2.05, 4.69) is 10.6 Å². The number of hydrogen-bond donors (Lipinski definition) is 6. The Bertz CT molecular complexity index is 1110. The Morgan fingerprint density at radius 3 is 2.41 bits per heavy atom. The number of carboxylic acids is 1. The summed E-state index contributed by atoms with van der Waals surface area (Å²) in [4.78, 5) is 52.2. The Morgan fingerprint density at radius 2 is 1.77 bits per heavy atom. The molecule has 0 spiro atoms. The number of aliphatic carboxylic acids is 1. The zero-order valence-corrected chi connectivity index (χ0v) is 25.3. The van der Waals surface area contributed by atoms with Crippen LogP contribution in [0.5, 0.6) is 0 Å². The first-order valence-corrected chi connectivity index (χ1v) is 15.0. The number of ether oxygens (including phenoxy) is 3. The molecule has 0 unspecified atom stereocenters. The molecule has 2 fully saturated rings. The highest BCUT2D eigenvalue weighted by atomic mass is 16.7. The van der Waals surface area contributed by atoms with Crippen molar-refractivity contribution in [1.82, 2.24) is 15.5 Å². The average molecular weight is 624 g/mol. The first-order valence-electron chi connectivity index (χ1n) is 15.0. The summed E-state index contributed by atoms with van der Waals surface area (Å²) in [5, 5.41) is 44.6. The summed E-state index contributed by atoms with van der Waals surface area (Å²) in [7, 11) is 1.51. The molecular formula is C30H45N3O11. The topological polar surface area (TPSA) is 204 Å². The second-order valence-electron chi connectivity index (χ2n) is 11.1. The molecule has 14 heteroatoms. The van der Waals surface area contributed by atoms with Gasteiger partial charge in [0, 0.05) is 33.0 Å². The molecule has 0 radical (unpaired) electrons. The quantitative estimate of drug-likeness (QED) is 0.133. The number of carboxylic acid groups (broad SMARTS) is 1. The standard InChI is InChI=1S/C30H45N3O11/c1-4-21(34)33-14-8-12-20(33)25(42-3)17(2)27(38)32-19(16-18-10-6-5-7-11-18)28(39)31-13-9-15-43-30-24(37)22(35)23(36)26(44-30)29(40)41/h5-7,10-11,17,19-20,22-26,30,35-37H,4,8-9,12-16H2,1-3H3,(H,31,39)(H,32,38)(H,40,41)/t17-,19+,20+,22+,23+,24-,25-,26+,30-/m1/s1. The van der Waals surface area contributed by atoms with Gasteiger partial charge < -0.3 is 50.2 Å². The van der Waals surface area contributed by atoms with Crippen LogP contribution in [0.4, 0.5) is 0 Å². The van der Waals surface area contributed by atoms with E-state index in [0.717, 1.165) is 18.4 Å². The fourth-order valence-electron chi connectivity index (χ4n) is 5.65. The van der Waals surface area contributed by atoms with Crippen molar-refractivity contribution in [3.63, 3.8) is 0 Å². The SMILES string of the molecule is CCC(=O)N1CCC[C@H]1[C@H](OC)[C@@H](C)C(=O)N[C@@H](Cc1ccccc1)C(=O)NCCCO[C@@H]1O[C@H](C(=O)O)[C@@H](O)[C@H](O)[C@H]1O. The Kier molecular flexibility index (Phi) is 13.5. The van der Waals surface area contributed by atoms with Gasteiger partial charge in [-0.3, -0.25) is 14.4 Å². The van der Waals surface area contributed by atoms with E-state index in [-0.39, 0.29) is 43.8 Å². The molecular weight excluding hydrogens is 578 g/mol. The number of benzene rings is 1. The number of rotatable bonds is 15. The minimum atomic E-state index is -1.82. The summed E-state index contributed by atoms with van der Waals surface area (Å²) in [6.07, 6.45) is -6.73. The number of amides is 3. The van der Waals surface area contributed by atoms with Crippen LogP contribution in [0.15, 0.2) is 30.3 Å². The van der Waals surface area contributed by atoms with E-state index in [1.165, 1.54) is 7.11 Å². The molecule has 0 bridgehead atoms. The van der Waals surface area contributed by atoms with Crippen molar-refractivity contribution in [2.45, 2.75) is 94.8 Å². The smallest absolute Gasteiger partial charge is 0.335 e. The number of carbonyl (C=O) groups excluding carboxylic acids is 3. The van der Waals surface area contributed by atoms with Crippen LogP contribution in [0.25, 0.3) is 0 Å². The zero-order valence-electron chi connectivity index (χ0n) is 25.3. The number of aliphatic hydroxyl groups excluding tert-OH is 3. The lowest BCUT2D eigenvalue weighted by Gasteiger charge is -2.38. The van der Waals surface area contributed by atoms with Gasteiger partial charge in [0.2, 0.25) is 17.7 Å². The van der Waals surface area contributed by atoms with Gasteiger partial charge in [0.15, 0.2) is 12.4 Å². The maximum Gasteiger partial charge on any atom is 0.335 e. The van der Waals surface area contributed by atoms with Crippen molar-refractivity contribution in [2.24, 2.45) is 5.92 Å². The molecule has 6 N–H and O–H groups in total. The van der Waals surface area contributed by atoms with Crippen molar-refractivity contribution in [3.05, 3.63) is 35.9 Å². The highest BCUT2D eigenvalue weighted by Crippen LogP contribution is 2.27. The molecule has 3 amide bonds. The van der Waals surface area contributed by atoms with Gasteiger partial charge in [-0.2, -0.15) is 0 Å². The molecule has 2 saturated heterocycles. The monoisotopic (exact) mass is 623 g/mol. The van der Waals surface area contributed by atoms with E-state index in [9.17, 15) is 34.5 Å². The second-order valence-corrected chi connectivity index (χ2v) is 11.1. The van der Waals surface area contributed by atoms with E-state index >= 15 is 0 Å². The first-order chi connectivity index (χ1) is 21.0. The van der Waals surface area contributed by atoms with Gasteiger partial charge >= 0.3 is 5.97 Å². The third kappa shape index (κ3) is 8.96. The first kappa shape index (κ1) is 35.3. The molecule has 2 aliphatic rings. The van der Waals surface area contributed by atoms with Crippen molar-refractivity contribution >= 4 is 23.7 Å². The summed E-state index contributed by atoms with van der Waals surface area (Å²) in [5.74, 6) is -2.99. The minimum absolute atomic E-state index is 0.00695. The Balaban J connectivity index is 1.58. The molecule has 0 aromatic heterocycles. The highest BCUT2D eigenvalue weighted by molar-refractivity contribution is 5.89. The Morgan fingerprint density at radius 1 is 1.07 bits per heavy atom. The normalized spacial score (nSPS) is 27.3. The highest BCUT2D eigenvalue weighted by Gasteiger charge is 2.47. The van der Waals surface area contributed by atoms with Gasteiger partial charge in [-0.05, 0) is 24.8 Å². The van der Waals surface area contributed by atoms with Crippen LogP contribution in [-0.4, -0.2) is 125 Å². The van der Waals surface area contributed by atoms with Crippen LogP contribution in [0, 0.1) is 5.92 Å². The maximum atomic E-state index is 13.4. The lowest BCUT2D eigenvalue weighted by molar-refractivity contribution is -0.294. The predicted octanol–water partition coefficient (Wildman–Crippen LogP) is -0.819. The number of likely N-dealkylation sites (tertiary alicyclic amines) is 1. The summed E-state index contributed by atoms with van der Waals surface area (Å²) < 4.78 is 16.2. The van der Waals surface area contributed by atoms with Crippen LogP contribution < -0.4 is 10.6 Å². The van der Waals surface area contributed by atoms with E-state index < -0.39 is 60.6 Å². The third-order valence-corrected chi connectivity index (χ3v) is 8.11. The van der Waals surface area contributed by atoms with Gasteiger partial charge in [-0.1, -0.05) is 44.2 Å². The molecule has 0 aliphatic carbocycles. The number of aliphatic hydroxyl groups is 3. The van der Waals surface area contributed by atoms with E-state index in [1.54, 1.807) is 18.7 Å². The maximum absolute atomic E-state index is 13.4. The minimum Gasteiger partial charge on any atom is -0.479 e. The molecule has 246 valence electrons. The molecule has 1 aromatic rings. The van der Waals surface area contributed by atoms with Crippen LogP contribution >= 0.6 is 0 Å². The van der Waals surface area contributed by atoms with Crippen LogP contribution in [0.3, 0.4) is 0 Å². The van der Waals surface area contributed by atoms with Gasteiger partial charge in [0.05, 0.1) is 24.7 Å². The largest absolute Gasteiger partial charge is 0.479 e. The summed E-state index contributed by atoms with van der Waals surface area (Å²) >= 11 is 0. The van der Waals surface area contributed by atoms with Gasteiger partial charge in [0.1, 0.15) is 24.4 Å². The molecule has 44 heavy (non-hydrogen) atoms. The van der Waals surface area contributed by atoms with Gasteiger partial charge in [-0.15, -0.1) is 0 Å². The molecule has 9 atom stereocenters. The fourth-order valence-corrected chi connectivity index (χ4v) is 5.65. The van der Waals surface area contributed by atoms with Crippen molar-refractivity contribution < 1.29 is 53.8 Å². The van der Waals surface area contributed by atoms with Gasteiger partial charge in [0.25, 0.3) is 0 Å². The number of nitrogens with one attached hydrogen (secondary N) is 2. The lowest BCUT2D eigenvalue weighted by Crippen LogP contribution is -2.60. The number of hydrogen-bond acceptors (Lipinski definition) is 10. The predicted molar refractivity (Wildman–Crippen MR) is 155 cm³/mol. The zero-order chi connectivity index (χ0) is 32.4. The van der Waals surface area contributed by atoms with Crippen molar-refractivity contribution in [1.29, 1.82) is 0 Å². The number of methoxy groups -OCH3 is 1. The average Bonchev–Trinajstić information content (AvgIpc) is 3.50. The van der Waals surface area contributed by atoms with Gasteiger partial charge in [-0.25, -0.2) is 4.79 Å². The Hall–Kier alpha value is -3.14. The Labute approximate surface area is 256 Å². The second kappa shape index (κ2) is 16.8. The summed E-state index contributed by atoms with van der Waals surface area (Å²) in [6.45, 7) is 4.17. The molecule has 2 heterocycles. The molecule has 2 aliphatic heterocycles. The van der Waals surface area contributed by atoms with Crippen molar-refractivity contribution in [2.75, 3.05) is 26.8 Å². The van der Waals surface area contributed by atoms with E-state index in [4.69, 9.17) is 19.3 Å². The van der Waals surface area contributed by atoms with Crippen LogP contribution in [0.2, 0.25) is 0 Å². The number of nitrogens with zero attached hydrogens (tertiary/aromatic N) is 1. The molecule has 0 saturated carbocycles.